The molecule has 0 aliphatic carbocycles. The Labute approximate surface area is 125 Å². The van der Waals surface area contributed by atoms with E-state index in [4.69, 9.17) is 4.74 Å². The molecule has 3 rings (SSSR count). The fourth-order valence-electron chi connectivity index (χ4n) is 2.30. The average molecular weight is 306 g/mol. The molecule has 0 bridgehead atoms. The van der Waals surface area contributed by atoms with E-state index in [1.54, 1.807) is 11.0 Å². The number of fused-ring (bicyclic) bond motifs is 1. The second-order valence-corrected chi connectivity index (χ2v) is 4.88. The number of nitrogens with zero attached hydrogens (tertiary/aromatic N) is 3. The van der Waals surface area contributed by atoms with Crippen LogP contribution in [0.25, 0.3) is 11.0 Å². The van der Waals surface area contributed by atoms with Gasteiger partial charge >= 0.3 is 6.09 Å². The van der Waals surface area contributed by atoms with E-state index in [0.29, 0.717) is 30.7 Å². The Morgan fingerprint density at radius 2 is 2.41 bits per heavy atom. The van der Waals surface area contributed by atoms with Crippen LogP contribution in [0.4, 0.5) is 10.5 Å². The molecule has 1 aliphatic heterocycles. The van der Waals surface area contributed by atoms with Gasteiger partial charge in [0.25, 0.3) is 5.52 Å². The third-order valence-electron chi connectivity index (χ3n) is 3.40. The van der Waals surface area contributed by atoms with Crippen molar-refractivity contribution in [2.24, 2.45) is 0 Å². The highest BCUT2D eigenvalue weighted by atomic mass is 16.8. The summed E-state index contributed by atoms with van der Waals surface area (Å²) in [5, 5.41) is 17.2. The smallest absolute Gasteiger partial charge is 0.411 e. The summed E-state index contributed by atoms with van der Waals surface area (Å²) >= 11 is 0. The van der Waals surface area contributed by atoms with E-state index < -0.39 is 6.09 Å². The lowest BCUT2D eigenvalue weighted by atomic mass is 10.3. The number of amides is 2. The number of carbonyl (C=O) groups excluding carboxylic acids is 2. The van der Waals surface area contributed by atoms with E-state index in [0.717, 1.165) is 6.42 Å². The molecular formula is C13H14N4O5. The summed E-state index contributed by atoms with van der Waals surface area (Å²) < 4.78 is 9.46. The highest BCUT2D eigenvalue weighted by Crippen LogP contribution is 2.15. The summed E-state index contributed by atoms with van der Waals surface area (Å²) in [6.07, 6.45) is 0.774. The van der Waals surface area contributed by atoms with Crippen molar-refractivity contribution in [3.63, 3.8) is 0 Å². The van der Waals surface area contributed by atoms with Crippen LogP contribution in [0.3, 0.4) is 0 Å². The fraction of sp³-hybridized carbons (Fsp3) is 0.385. The highest BCUT2D eigenvalue weighted by Gasteiger charge is 2.20. The predicted octanol–water partition coefficient (Wildman–Crippen LogP) is 0.632. The zero-order valence-corrected chi connectivity index (χ0v) is 11.7. The number of nitrogens with one attached hydrogen (secondary N) is 1. The summed E-state index contributed by atoms with van der Waals surface area (Å²) in [6.45, 7) is 1.23. The van der Waals surface area contributed by atoms with Crippen LogP contribution in [0, 0.1) is 5.21 Å². The Morgan fingerprint density at radius 1 is 1.55 bits per heavy atom. The molecule has 1 aromatic carbocycles. The van der Waals surface area contributed by atoms with Crippen LogP contribution in [-0.4, -0.2) is 41.8 Å². The summed E-state index contributed by atoms with van der Waals surface area (Å²) in [7, 11) is 0. The molecule has 1 aromatic heterocycles. The van der Waals surface area contributed by atoms with Gasteiger partial charge in [0.05, 0.1) is 6.54 Å². The zero-order chi connectivity index (χ0) is 15.5. The number of benzene rings is 1. The van der Waals surface area contributed by atoms with Gasteiger partial charge in [0.2, 0.25) is 11.4 Å². The predicted molar refractivity (Wildman–Crippen MR) is 73.8 cm³/mol. The SMILES string of the molecule is O=C(Nc1ccc2c(c1)no[n+]2[O-])OCCN1CCCC1=O. The van der Waals surface area contributed by atoms with Crippen molar-refractivity contribution in [2.45, 2.75) is 12.8 Å². The molecule has 2 aromatic rings. The molecule has 0 saturated carbocycles. The third-order valence-corrected chi connectivity index (χ3v) is 3.40. The minimum atomic E-state index is -0.635. The van der Waals surface area contributed by atoms with E-state index in [1.807, 2.05) is 0 Å². The molecule has 0 atom stereocenters. The zero-order valence-electron chi connectivity index (χ0n) is 11.7. The quantitative estimate of drug-likeness (QED) is 0.829. The van der Waals surface area contributed by atoms with Gasteiger partial charge in [0.15, 0.2) is 0 Å². The maximum absolute atomic E-state index is 11.7. The molecular weight excluding hydrogens is 292 g/mol. The molecule has 9 nitrogen and oxygen atoms in total. The van der Waals surface area contributed by atoms with Crippen LogP contribution in [0.5, 0.6) is 0 Å². The van der Waals surface area contributed by atoms with Crippen LogP contribution in [0.15, 0.2) is 22.8 Å². The van der Waals surface area contributed by atoms with Gasteiger partial charge in [-0.25, -0.2) is 4.79 Å². The standard InChI is InChI=1S/C13H14N4O5/c18-12-2-1-5-16(12)6-7-21-13(19)14-9-3-4-11-10(8-9)15-22-17(11)20/h3-4,8H,1-2,5-7H2,(H,14,19). The number of hydrogen-bond donors (Lipinski definition) is 1. The molecule has 2 heterocycles. The molecule has 9 heteroatoms. The summed E-state index contributed by atoms with van der Waals surface area (Å²) in [4.78, 5) is 25.0. The largest absolute Gasteiger partial charge is 0.447 e. The number of ether oxygens (including phenoxy) is 1. The number of anilines is 1. The van der Waals surface area contributed by atoms with Crippen LogP contribution in [-0.2, 0) is 9.53 Å². The van der Waals surface area contributed by atoms with Crippen molar-refractivity contribution in [1.82, 2.24) is 10.1 Å². The second-order valence-electron chi connectivity index (χ2n) is 4.88. The molecule has 116 valence electrons. The minimum Gasteiger partial charge on any atom is -0.447 e. The molecule has 1 fully saturated rings. The van der Waals surface area contributed by atoms with E-state index in [2.05, 4.69) is 15.1 Å². The van der Waals surface area contributed by atoms with Gasteiger partial charge in [0.1, 0.15) is 6.61 Å². The fourth-order valence-corrected chi connectivity index (χ4v) is 2.30. The van der Waals surface area contributed by atoms with Gasteiger partial charge in [-0.05, 0) is 23.5 Å². The topological polar surface area (TPSA) is 112 Å². The van der Waals surface area contributed by atoms with E-state index >= 15 is 0 Å². The van der Waals surface area contributed by atoms with Crippen molar-refractivity contribution in [2.75, 3.05) is 25.0 Å². The first-order chi connectivity index (χ1) is 10.6. The van der Waals surface area contributed by atoms with Gasteiger partial charge in [-0.15, -0.1) is 0 Å². The third kappa shape index (κ3) is 2.92. The molecule has 2 amide bonds. The Balaban J connectivity index is 1.51. The van der Waals surface area contributed by atoms with Gasteiger partial charge in [-0.1, -0.05) is 0 Å². The summed E-state index contributed by atoms with van der Waals surface area (Å²) in [5.74, 6) is 0.0893. The number of carbonyl (C=O) groups is 2. The maximum Gasteiger partial charge on any atom is 0.411 e. The number of aromatic nitrogens is 2. The van der Waals surface area contributed by atoms with Gasteiger partial charge < -0.3 is 14.8 Å². The molecule has 1 aliphatic rings. The van der Waals surface area contributed by atoms with Crippen LogP contribution in [0.1, 0.15) is 12.8 Å². The molecule has 22 heavy (non-hydrogen) atoms. The lowest BCUT2D eigenvalue weighted by Gasteiger charge is -2.15. The number of likely N-dealkylation sites (tertiary alicyclic amines) is 1. The first-order valence-electron chi connectivity index (χ1n) is 6.84. The Morgan fingerprint density at radius 3 is 3.18 bits per heavy atom. The second kappa shape index (κ2) is 5.88. The normalized spacial score (nSPS) is 14.5. The van der Waals surface area contributed by atoms with Crippen LogP contribution in [0.2, 0.25) is 0 Å². The van der Waals surface area contributed by atoms with Crippen molar-refractivity contribution >= 4 is 28.7 Å². The molecule has 0 spiro atoms. The Hall–Kier alpha value is -2.84. The Kier molecular flexibility index (Phi) is 3.77. The average Bonchev–Trinajstić information content (AvgIpc) is 3.06. The molecule has 1 N–H and O–H groups in total. The Bertz CT molecular complexity index is 714. The summed E-state index contributed by atoms with van der Waals surface area (Å²) in [6, 6.07) is 4.52. The van der Waals surface area contributed by atoms with Crippen molar-refractivity contribution in [1.29, 1.82) is 0 Å². The van der Waals surface area contributed by atoms with Crippen LogP contribution >= 0.6 is 0 Å². The van der Waals surface area contributed by atoms with Crippen molar-refractivity contribution in [3.05, 3.63) is 23.4 Å². The van der Waals surface area contributed by atoms with Gasteiger partial charge in [0, 0.05) is 29.9 Å². The van der Waals surface area contributed by atoms with E-state index in [1.165, 1.54) is 12.1 Å². The molecule has 0 radical (unpaired) electrons. The minimum absolute atomic E-state index is 0.0893. The van der Waals surface area contributed by atoms with Gasteiger partial charge in [-0.3, -0.25) is 14.7 Å². The lowest BCUT2D eigenvalue weighted by molar-refractivity contribution is -0.782. The molecule has 1 saturated heterocycles. The monoisotopic (exact) mass is 306 g/mol. The highest BCUT2D eigenvalue weighted by molar-refractivity contribution is 5.87. The summed E-state index contributed by atoms with van der Waals surface area (Å²) in [5.41, 5.74) is 1.03. The van der Waals surface area contributed by atoms with Crippen LogP contribution < -0.4 is 10.2 Å². The number of rotatable bonds is 4. The lowest BCUT2D eigenvalue weighted by Crippen LogP contribution is -2.30. The maximum atomic E-state index is 11.7. The molecule has 0 unspecified atom stereocenters. The van der Waals surface area contributed by atoms with Crippen molar-refractivity contribution < 1.29 is 23.9 Å². The first kappa shape index (κ1) is 14.1. The number of hydrogen-bond acceptors (Lipinski definition) is 6. The van der Waals surface area contributed by atoms with E-state index in [-0.39, 0.29) is 22.9 Å². The van der Waals surface area contributed by atoms with E-state index in [9.17, 15) is 14.8 Å². The van der Waals surface area contributed by atoms with Crippen molar-refractivity contribution in [3.8, 4) is 0 Å². The van der Waals surface area contributed by atoms with Gasteiger partial charge in [-0.2, -0.15) is 0 Å². The first-order valence-corrected chi connectivity index (χ1v) is 6.84.